The van der Waals surface area contributed by atoms with Gasteiger partial charge in [-0.15, -0.1) is 11.3 Å². The first-order chi connectivity index (χ1) is 26.7. The van der Waals surface area contributed by atoms with Crippen LogP contribution in [0.2, 0.25) is 5.02 Å². The van der Waals surface area contributed by atoms with Crippen LogP contribution in [-0.4, -0.2) is 152 Å². The number of anilines is 1. The Morgan fingerprint density at radius 2 is 1.79 bits per heavy atom. The van der Waals surface area contributed by atoms with E-state index in [9.17, 15) is 64.0 Å². The molecule has 24 nitrogen and oxygen atoms in total. The average molecular weight is 855 g/mol. The topological polar surface area (TPSA) is 356 Å². The van der Waals surface area contributed by atoms with Gasteiger partial charge in [-0.3, -0.25) is 34.2 Å². The van der Waals surface area contributed by atoms with Gasteiger partial charge in [-0.25, -0.2) is 19.6 Å². The summed E-state index contributed by atoms with van der Waals surface area (Å²) in [7, 11) is 0. The van der Waals surface area contributed by atoms with E-state index in [4.69, 9.17) is 22.2 Å². The number of nitrogens with one attached hydrogen (secondary N) is 3. The molecule has 2 unspecified atom stereocenters. The van der Waals surface area contributed by atoms with Crippen molar-refractivity contribution in [1.29, 1.82) is 0 Å². The fourth-order valence-electron chi connectivity index (χ4n) is 5.44. The van der Waals surface area contributed by atoms with Crippen LogP contribution in [0.25, 0.3) is 0 Å². The minimum Gasteiger partial charge on any atom is -0.504 e. The molecule has 4 heterocycles. The number of β-lactam (4-membered cyclic amide) rings is 1. The number of nitrogens with zero attached hydrogens (tertiary/aromatic N) is 6. The van der Waals surface area contributed by atoms with Crippen molar-refractivity contribution in [1.82, 2.24) is 35.9 Å². The smallest absolute Gasteiger partial charge is 0.350 e. The number of phenolic OH excluding ortho intramolecular Hbond substituents is 2. The summed E-state index contributed by atoms with van der Waals surface area (Å²) >= 11 is 7.44. The molecule has 0 radical (unpaired) electrons. The van der Waals surface area contributed by atoms with Gasteiger partial charge in [0.25, 0.3) is 11.8 Å². The van der Waals surface area contributed by atoms with Gasteiger partial charge in [0.2, 0.25) is 22.3 Å². The average Bonchev–Trinajstić information content (AvgIpc) is 3.75. The van der Waals surface area contributed by atoms with Gasteiger partial charge in [-0.05, 0) is 26.0 Å². The summed E-state index contributed by atoms with van der Waals surface area (Å²) in [5.41, 5.74) is 4.41. The molecule has 3 saturated heterocycles. The van der Waals surface area contributed by atoms with Crippen molar-refractivity contribution < 1.29 is 68.8 Å². The zero-order valence-electron chi connectivity index (χ0n) is 29.3. The van der Waals surface area contributed by atoms with Gasteiger partial charge >= 0.3 is 23.8 Å². The lowest BCUT2D eigenvalue weighted by atomic mass is 10.0. The first kappa shape index (κ1) is 41.7. The van der Waals surface area contributed by atoms with E-state index in [0.717, 1.165) is 33.3 Å². The number of aromatic hydroxyl groups is 2. The van der Waals surface area contributed by atoms with Crippen LogP contribution in [0.15, 0.2) is 27.8 Å². The lowest BCUT2D eigenvalue weighted by Crippen LogP contribution is -2.69. The predicted molar refractivity (Wildman–Crippen MR) is 194 cm³/mol. The molecule has 57 heavy (non-hydrogen) atoms. The normalized spacial score (nSPS) is 21.1. The SMILES string of the molecule is CC(C)(O/N=C(\C(=O)NC1C(=O)N2CC(C(=O)O)(N3CCN(NC(=O)CCNC(=O)/C(=N\O)c4ccc(O)c(O)c4Cl)C(=O)C3=O)S[C@H]12)c1csc(N)n1)C(=O)O. The molecule has 3 aliphatic heterocycles. The highest BCUT2D eigenvalue weighted by Gasteiger charge is 2.66. The van der Waals surface area contributed by atoms with Crippen molar-refractivity contribution >= 4 is 98.6 Å². The summed E-state index contributed by atoms with van der Waals surface area (Å²) in [4.78, 5) is 111. The quantitative estimate of drug-likeness (QED) is 0.0240. The van der Waals surface area contributed by atoms with E-state index in [2.05, 4.69) is 31.4 Å². The van der Waals surface area contributed by atoms with Gasteiger partial charge in [0, 0.05) is 30.5 Å². The maximum absolute atomic E-state index is 13.4. The Morgan fingerprint density at radius 1 is 1.09 bits per heavy atom. The molecule has 3 fully saturated rings. The molecule has 1 aromatic heterocycles. The molecule has 0 aliphatic carbocycles. The van der Waals surface area contributed by atoms with Crippen molar-refractivity contribution in [2.45, 2.75) is 42.2 Å². The van der Waals surface area contributed by atoms with Crippen LogP contribution >= 0.6 is 34.7 Å². The third-order valence-corrected chi connectivity index (χ3v) is 11.3. The number of oxime groups is 2. The zero-order chi connectivity index (χ0) is 42.1. The van der Waals surface area contributed by atoms with Crippen molar-refractivity contribution in [2.24, 2.45) is 10.3 Å². The molecule has 304 valence electrons. The van der Waals surface area contributed by atoms with Crippen molar-refractivity contribution in [3.05, 3.63) is 33.8 Å². The number of rotatable bonds is 14. The molecule has 0 saturated carbocycles. The summed E-state index contributed by atoms with van der Waals surface area (Å²) in [5.74, 6) is -10.7. The van der Waals surface area contributed by atoms with Crippen LogP contribution in [0.3, 0.4) is 0 Å². The Bertz CT molecular complexity index is 2150. The Labute approximate surface area is 332 Å². The fraction of sp³-hybridized carbons (Fsp3) is 0.367. The van der Waals surface area contributed by atoms with Crippen LogP contribution in [0, 0.1) is 0 Å². The van der Waals surface area contributed by atoms with Crippen molar-refractivity contribution in [3.8, 4) is 11.5 Å². The zero-order valence-corrected chi connectivity index (χ0v) is 31.7. The third-order valence-electron chi connectivity index (χ3n) is 8.54. The molecule has 10 N–H and O–H groups in total. The summed E-state index contributed by atoms with van der Waals surface area (Å²) in [6.45, 7) is 0.527. The molecule has 27 heteroatoms. The second-order valence-electron chi connectivity index (χ2n) is 12.6. The number of thioether (sulfide) groups is 1. The Morgan fingerprint density at radius 3 is 2.40 bits per heavy atom. The molecule has 1 aromatic carbocycles. The summed E-state index contributed by atoms with van der Waals surface area (Å²) in [6.07, 6.45) is -0.479. The molecule has 5 rings (SSSR count). The van der Waals surface area contributed by atoms with Crippen molar-refractivity contribution in [3.63, 3.8) is 0 Å². The van der Waals surface area contributed by atoms with E-state index in [1.807, 2.05) is 0 Å². The number of halogens is 1. The molecule has 0 spiro atoms. The van der Waals surface area contributed by atoms with E-state index in [0.29, 0.717) is 16.8 Å². The maximum Gasteiger partial charge on any atom is 0.350 e. The Kier molecular flexibility index (Phi) is 11.7. The van der Waals surface area contributed by atoms with Gasteiger partial charge in [-0.1, -0.05) is 33.7 Å². The number of phenols is 2. The number of carboxylic acids is 2. The molecule has 2 aromatic rings. The van der Waals surface area contributed by atoms with E-state index < -0.39 is 130 Å². The minimum absolute atomic E-state index is 0.0269. The molecule has 6 amide bonds. The highest BCUT2D eigenvalue weighted by molar-refractivity contribution is 8.02. The van der Waals surface area contributed by atoms with Gasteiger partial charge in [0.1, 0.15) is 17.1 Å². The fourth-order valence-corrected chi connectivity index (χ4v) is 7.88. The van der Waals surface area contributed by atoms with Crippen molar-refractivity contribution in [2.75, 3.05) is 31.9 Å². The maximum atomic E-state index is 13.4. The predicted octanol–water partition coefficient (Wildman–Crippen LogP) is -2.36. The lowest BCUT2D eigenvalue weighted by molar-refractivity contribution is -0.168. The molecular formula is C30H31ClN10O14S2. The lowest BCUT2D eigenvalue weighted by Gasteiger charge is -2.41. The number of thiazole rings is 1. The first-order valence-corrected chi connectivity index (χ1v) is 18.2. The van der Waals surface area contributed by atoms with Crippen LogP contribution in [0.4, 0.5) is 5.13 Å². The van der Waals surface area contributed by atoms with Gasteiger partial charge < -0.3 is 56.6 Å². The number of nitrogen functional groups attached to an aromatic ring is 1. The van der Waals surface area contributed by atoms with E-state index >= 15 is 0 Å². The number of fused-ring (bicyclic) bond motifs is 1. The van der Waals surface area contributed by atoms with Crippen LogP contribution in [0.1, 0.15) is 31.5 Å². The largest absolute Gasteiger partial charge is 0.504 e. The molecular weight excluding hydrogens is 824 g/mol. The first-order valence-electron chi connectivity index (χ1n) is 16.1. The number of benzene rings is 1. The second kappa shape index (κ2) is 16.0. The van der Waals surface area contributed by atoms with E-state index in [1.54, 1.807) is 0 Å². The van der Waals surface area contributed by atoms with E-state index in [-0.39, 0.29) is 16.4 Å². The number of piperazine rings is 1. The minimum atomic E-state index is -2.20. The van der Waals surface area contributed by atoms with Crippen LogP contribution < -0.4 is 21.8 Å². The Balaban J connectivity index is 1.20. The number of carbonyl (C=O) groups is 8. The summed E-state index contributed by atoms with van der Waals surface area (Å²) in [6, 6.07) is 0.714. The van der Waals surface area contributed by atoms with Crippen LogP contribution in [0.5, 0.6) is 11.5 Å². The number of carboxylic acid groups (broad SMARTS) is 2. The molecule has 0 bridgehead atoms. The summed E-state index contributed by atoms with van der Waals surface area (Å²) in [5, 5.41) is 60.1. The molecule has 3 aliphatic rings. The molecule has 3 atom stereocenters. The number of aromatic nitrogens is 1. The number of hydrogen-bond acceptors (Lipinski definition) is 18. The number of amides is 6. The monoisotopic (exact) mass is 854 g/mol. The van der Waals surface area contributed by atoms with Gasteiger partial charge in [-0.2, -0.15) is 0 Å². The third kappa shape index (κ3) is 7.99. The van der Waals surface area contributed by atoms with Gasteiger partial charge in [0.05, 0.1) is 18.1 Å². The number of hydrogen-bond donors (Lipinski definition) is 9. The number of nitrogens with two attached hydrogens (primary N) is 1. The van der Waals surface area contributed by atoms with Crippen LogP contribution in [-0.2, 0) is 43.2 Å². The number of carbonyl (C=O) groups excluding carboxylic acids is 6. The Hall–Kier alpha value is -6.41. The van der Waals surface area contributed by atoms with Gasteiger partial charge in [0.15, 0.2) is 28.1 Å². The number of aliphatic carboxylic acids is 2. The standard InChI is InChI=1S/C30H31ClN10O14S2/c1-29(2,26(50)51)55-38-17(12-9-56-28(32)34-12)21(46)35-18-22(47)39-10-30(27(52)53,57-25(18)39)40-7-8-41(24(49)23(40)48)36-14(43)5-6-33-20(45)16(37-54)11-3-4-13(42)19(44)15(11)31/h3-4,9,18,25,42,44,54H,5-8,10H2,1-2H3,(H2,32,34)(H,33,45)(H,35,46)(H,36,43)(H,50,51)(H,52,53)/b37-16-,38-17-/t18?,25-,30?/m1/s1. The van der Waals surface area contributed by atoms with E-state index in [1.165, 1.54) is 19.2 Å². The highest BCUT2D eigenvalue weighted by atomic mass is 35.5. The number of hydrazine groups is 1. The summed E-state index contributed by atoms with van der Waals surface area (Å²) < 4.78 is 0. The second-order valence-corrected chi connectivity index (χ2v) is 15.3. The highest BCUT2D eigenvalue weighted by Crippen LogP contribution is 2.49.